The van der Waals surface area contributed by atoms with Gasteiger partial charge in [-0.05, 0) is 105 Å². The fourth-order valence-electron chi connectivity index (χ4n) is 8.81. The fourth-order valence-corrected chi connectivity index (χ4v) is 8.81. The molecule has 2 aliphatic heterocycles. The van der Waals surface area contributed by atoms with Crippen LogP contribution in [0.25, 0.3) is 11.1 Å². The van der Waals surface area contributed by atoms with E-state index in [1.54, 1.807) is 5.48 Å². The molecule has 3 aromatic carbocycles. The van der Waals surface area contributed by atoms with Crippen LogP contribution in [0.4, 0.5) is 0 Å². The van der Waals surface area contributed by atoms with E-state index in [0.717, 1.165) is 59.1 Å². The Morgan fingerprint density at radius 3 is 2.25 bits per heavy atom. The monoisotopic (exact) mass is 782 g/mol. The van der Waals surface area contributed by atoms with E-state index in [1.165, 1.54) is 19.3 Å². The Kier molecular flexibility index (Phi) is 14.9. The molecule has 6 rings (SSSR count). The molecule has 1 saturated carbocycles. The summed E-state index contributed by atoms with van der Waals surface area (Å²) in [7, 11) is 0. The number of hydrogen-bond acceptors (Lipinski definition) is 8. The SMILES string of the molecule is CC(C)(C)NC(=O)[C@H]1CC[C@H]2CCCC[C@H]2N1C[C@H]1C[C@@H](c2ccc(CO)cc2)O[C@@H](c2cccc(-c3cccc(CNC(=O)CCCCCC(=O)NO)c3)c2)O1. The van der Waals surface area contributed by atoms with Gasteiger partial charge in [0.25, 0.3) is 0 Å². The molecule has 1 aliphatic carbocycles. The third kappa shape index (κ3) is 12.0. The minimum Gasteiger partial charge on any atom is -0.392 e. The lowest BCUT2D eigenvalue weighted by Gasteiger charge is -2.50. The zero-order chi connectivity index (χ0) is 40.4. The number of hydroxylamine groups is 1. The largest absolute Gasteiger partial charge is 0.392 e. The highest BCUT2D eigenvalue weighted by atomic mass is 16.7. The lowest BCUT2D eigenvalue weighted by molar-refractivity contribution is -0.255. The summed E-state index contributed by atoms with van der Waals surface area (Å²) in [5.74, 6) is 0.238. The maximum atomic E-state index is 13.9. The summed E-state index contributed by atoms with van der Waals surface area (Å²) < 4.78 is 13.7. The number of aliphatic hydroxyl groups is 1. The van der Waals surface area contributed by atoms with E-state index in [4.69, 9.17) is 14.7 Å². The summed E-state index contributed by atoms with van der Waals surface area (Å²) in [5, 5.41) is 24.7. The zero-order valence-corrected chi connectivity index (χ0v) is 33.9. The number of aliphatic hydroxyl groups excluding tert-OH is 1. The number of amides is 3. The highest BCUT2D eigenvalue weighted by Crippen LogP contribution is 2.42. The summed E-state index contributed by atoms with van der Waals surface area (Å²) in [6, 6.07) is 24.5. The first kappa shape index (κ1) is 42.5. The lowest BCUT2D eigenvalue weighted by Crippen LogP contribution is -2.61. The van der Waals surface area contributed by atoms with Crippen LogP contribution in [0.15, 0.2) is 72.8 Å². The van der Waals surface area contributed by atoms with Gasteiger partial charge in [-0.15, -0.1) is 0 Å². The van der Waals surface area contributed by atoms with Crippen LogP contribution in [0.1, 0.15) is 132 Å². The number of rotatable bonds is 15. The number of likely N-dealkylation sites (tertiary alicyclic amines) is 1. The smallest absolute Gasteiger partial charge is 0.243 e. The molecule has 5 N–H and O–H groups in total. The fraction of sp³-hybridized carbons (Fsp3) is 0.543. The molecule has 3 amide bonds. The average molecular weight is 783 g/mol. The Bertz CT molecular complexity index is 1790. The van der Waals surface area contributed by atoms with Crippen LogP contribution in [0.5, 0.6) is 0 Å². The van der Waals surface area contributed by atoms with Crippen LogP contribution < -0.4 is 16.1 Å². The van der Waals surface area contributed by atoms with Gasteiger partial charge >= 0.3 is 0 Å². The van der Waals surface area contributed by atoms with Crippen molar-refractivity contribution in [3.8, 4) is 11.1 Å². The van der Waals surface area contributed by atoms with Gasteiger partial charge in [0, 0.05) is 49.5 Å². The molecule has 11 heteroatoms. The molecule has 3 fully saturated rings. The number of nitrogens with one attached hydrogen (secondary N) is 3. The minimum atomic E-state index is -0.638. The number of nitrogens with zero attached hydrogens (tertiary/aromatic N) is 1. The Morgan fingerprint density at radius 2 is 1.51 bits per heavy atom. The lowest BCUT2D eigenvalue weighted by atomic mass is 9.75. The van der Waals surface area contributed by atoms with Crippen molar-refractivity contribution in [2.75, 3.05) is 6.54 Å². The van der Waals surface area contributed by atoms with Gasteiger partial charge < -0.3 is 25.2 Å². The molecule has 57 heavy (non-hydrogen) atoms. The second kappa shape index (κ2) is 20.0. The quantitative estimate of drug-likeness (QED) is 0.0609. The van der Waals surface area contributed by atoms with Crippen LogP contribution in [-0.2, 0) is 37.0 Å². The summed E-state index contributed by atoms with van der Waals surface area (Å²) in [5.41, 5.74) is 7.09. The van der Waals surface area contributed by atoms with Crippen molar-refractivity contribution >= 4 is 17.7 Å². The number of ether oxygens (including phenoxy) is 2. The topological polar surface area (TPSA) is 149 Å². The van der Waals surface area contributed by atoms with E-state index in [1.807, 2.05) is 69.3 Å². The highest BCUT2D eigenvalue weighted by Gasteiger charge is 2.44. The van der Waals surface area contributed by atoms with E-state index in [2.05, 4.69) is 39.8 Å². The molecule has 6 atom stereocenters. The Hall–Kier alpha value is -4.13. The molecule has 11 nitrogen and oxygen atoms in total. The first-order valence-corrected chi connectivity index (χ1v) is 21.0. The predicted molar refractivity (Wildman–Crippen MR) is 219 cm³/mol. The molecule has 3 aliphatic rings. The number of fused-ring (bicyclic) bond motifs is 1. The minimum absolute atomic E-state index is 0.0227. The van der Waals surface area contributed by atoms with Crippen molar-refractivity contribution in [1.29, 1.82) is 0 Å². The Morgan fingerprint density at radius 1 is 0.789 bits per heavy atom. The summed E-state index contributed by atoms with van der Waals surface area (Å²) in [4.78, 5) is 40.1. The average Bonchev–Trinajstić information content (AvgIpc) is 3.22. The molecule has 308 valence electrons. The van der Waals surface area contributed by atoms with E-state index >= 15 is 0 Å². The Balaban J connectivity index is 1.18. The number of carbonyl (C=O) groups excluding carboxylic acids is 3. The third-order valence-corrected chi connectivity index (χ3v) is 11.7. The van der Waals surface area contributed by atoms with E-state index in [-0.39, 0.29) is 48.6 Å². The summed E-state index contributed by atoms with van der Waals surface area (Å²) in [6.45, 7) is 7.15. The molecular formula is C46H62N4O7. The van der Waals surface area contributed by atoms with Gasteiger partial charge in [-0.25, -0.2) is 5.48 Å². The van der Waals surface area contributed by atoms with Gasteiger partial charge in [-0.1, -0.05) is 79.9 Å². The summed E-state index contributed by atoms with van der Waals surface area (Å²) >= 11 is 0. The number of piperidine rings is 1. The van der Waals surface area contributed by atoms with Gasteiger partial charge in [0.15, 0.2) is 6.29 Å². The van der Waals surface area contributed by atoms with Crippen LogP contribution in [0, 0.1) is 5.92 Å². The predicted octanol–water partition coefficient (Wildman–Crippen LogP) is 7.40. The first-order valence-electron chi connectivity index (χ1n) is 21.0. The number of benzene rings is 3. The van der Waals surface area contributed by atoms with Crippen molar-refractivity contribution < 1.29 is 34.2 Å². The van der Waals surface area contributed by atoms with Gasteiger partial charge in [-0.3, -0.25) is 24.5 Å². The summed E-state index contributed by atoms with van der Waals surface area (Å²) in [6.07, 6.45) is 8.87. The van der Waals surface area contributed by atoms with Gasteiger partial charge in [0.2, 0.25) is 17.7 Å². The van der Waals surface area contributed by atoms with Gasteiger partial charge in [-0.2, -0.15) is 0 Å². The molecule has 2 saturated heterocycles. The number of carbonyl (C=O) groups is 3. The van der Waals surface area contributed by atoms with E-state index in [9.17, 15) is 19.5 Å². The third-order valence-electron chi connectivity index (χ3n) is 11.7. The maximum absolute atomic E-state index is 13.9. The molecular weight excluding hydrogens is 721 g/mol. The van der Waals surface area contributed by atoms with Crippen molar-refractivity contribution in [3.05, 3.63) is 95.1 Å². The maximum Gasteiger partial charge on any atom is 0.243 e. The second-order valence-electron chi connectivity index (χ2n) is 17.2. The normalized spacial score (nSPS) is 23.9. The molecule has 0 bridgehead atoms. The van der Waals surface area contributed by atoms with E-state index in [0.29, 0.717) is 50.7 Å². The van der Waals surface area contributed by atoms with Crippen LogP contribution in [0.3, 0.4) is 0 Å². The first-order chi connectivity index (χ1) is 27.5. The second-order valence-corrected chi connectivity index (χ2v) is 17.2. The highest BCUT2D eigenvalue weighted by molar-refractivity contribution is 5.82. The number of hydrogen-bond donors (Lipinski definition) is 5. The molecule has 0 aromatic heterocycles. The molecule has 2 heterocycles. The van der Waals surface area contributed by atoms with Crippen molar-refractivity contribution in [2.24, 2.45) is 5.92 Å². The Labute approximate surface area is 337 Å². The van der Waals surface area contributed by atoms with Crippen molar-refractivity contribution in [2.45, 2.75) is 147 Å². The molecule has 0 spiro atoms. The van der Waals surface area contributed by atoms with Crippen LogP contribution in [-0.4, -0.2) is 63.2 Å². The molecule has 0 radical (unpaired) electrons. The molecule has 3 aromatic rings. The molecule has 0 unspecified atom stereocenters. The van der Waals surface area contributed by atoms with Crippen molar-refractivity contribution in [3.63, 3.8) is 0 Å². The zero-order valence-electron chi connectivity index (χ0n) is 33.9. The van der Waals surface area contributed by atoms with Crippen molar-refractivity contribution in [1.82, 2.24) is 21.0 Å². The van der Waals surface area contributed by atoms with Crippen LogP contribution >= 0.6 is 0 Å². The standard InChI is InChI=1S/C46H62N4O7/c1-46(2,3)48-44(54)40-24-23-33-12-7-8-16-39(33)50(40)29-38-27-41(34-21-19-31(30-51)20-22-34)57-45(56-38)37-15-10-14-36(26-37)35-13-9-11-32(25-35)28-47-42(52)17-5-4-6-18-43(53)49-55/h9-11,13-15,19-22,25-26,33,38-41,45,51,55H,4-8,12,16-18,23-24,27-30H2,1-3H3,(H,47,52)(H,48,54)(H,49,53)/t33-,38-,39-,40-,41+,45+/m1/s1. The van der Waals surface area contributed by atoms with Gasteiger partial charge in [0.05, 0.1) is 24.9 Å². The van der Waals surface area contributed by atoms with Gasteiger partial charge in [0.1, 0.15) is 0 Å². The van der Waals surface area contributed by atoms with E-state index < -0.39 is 12.2 Å². The number of unbranched alkanes of at least 4 members (excludes halogenated alkanes) is 2. The van der Waals surface area contributed by atoms with Crippen LogP contribution in [0.2, 0.25) is 0 Å².